The van der Waals surface area contributed by atoms with E-state index in [4.69, 9.17) is 153 Å². The van der Waals surface area contributed by atoms with Gasteiger partial charge in [0.1, 0.15) is 0 Å². The molecule has 0 fully saturated rings. The fourth-order valence-electron chi connectivity index (χ4n) is 0. The molecule has 0 aromatic carbocycles. The highest BCUT2D eigenvalue weighted by atomic mass is 16.9. The molecule has 0 spiro atoms. The molecule has 0 aliphatic heterocycles. The van der Waals surface area contributed by atoms with Gasteiger partial charge in [-0.3, -0.25) is 0 Å². The Labute approximate surface area is 212 Å². The summed E-state index contributed by atoms with van der Waals surface area (Å²) in [6.45, 7) is 0. The second-order valence-electron chi connectivity index (χ2n) is 2.38. The van der Waals surface area contributed by atoms with Gasteiger partial charge in [0.15, 0.2) is 0 Å². The molecule has 0 bridgehead atoms. The second kappa shape index (κ2) is 63.5. The van der Waals surface area contributed by atoms with Gasteiger partial charge in [0.25, 0.3) is 50.9 Å². The molecule has 0 unspecified atom stereocenters. The average Bonchev–Trinajstić information content (AvgIpc) is 2.47. The molecule has 0 aliphatic rings. The molecule has 0 rings (SSSR count). The van der Waals surface area contributed by atoms with Crippen molar-refractivity contribution < 1.29 is 103 Å². The van der Waals surface area contributed by atoms with Crippen LogP contribution in [0.15, 0.2) is 0 Å². The van der Waals surface area contributed by atoms with Gasteiger partial charge in [0.2, 0.25) is 0 Å². The quantitative estimate of drug-likeness (QED) is 0.108. The molecule has 41 nitrogen and oxygen atoms in total. The summed E-state index contributed by atoms with van der Waals surface area (Å²) in [5.74, 6) is 0. The van der Waals surface area contributed by atoms with Crippen LogP contribution in [-0.4, -0.2) is 103 Å². The van der Waals surface area contributed by atoms with Crippen LogP contribution in [0.4, 0.5) is 0 Å². The number of hydrogen-bond donors (Lipinski definition) is 10. The highest BCUT2D eigenvalue weighted by molar-refractivity contribution is 3.86. The number of hydrogen-bond acceptors (Lipinski definition) is 20. The summed E-state index contributed by atoms with van der Waals surface area (Å²) in [5, 5.41) is 136. The van der Waals surface area contributed by atoms with Gasteiger partial charge in [-0.1, -0.05) is 0 Å². The van der Waals surface area contributed by atoms with Crippen molar-refractivity contribution in [2.24, 2.45) is 0 Å². The molecule has 0 aliphatic carbocycles. The zero-order valence-electron chi connectivity index (χ0n) is 17.1. The molecule has 0 heterocycles. The molecule has 0 saturated carbocycles. The van der Waals surface area contributed by atoms with E-state index in [1.54, 1.807) is 0 Å². The van der Waals surface area contributed by atoms with Gasteiger partial charge >= 0.3 is 0 Å². The van der Waals surface area contributed by atoms with Gasteiger partial charge < -0.3 is 58.2 Å². The van der Waals surface area contributed by atoms with Crippen LogP contribution >= 0.6 is 0 Å². The molecule has 0 radical (unpaired) electrons. The van der Waals surface area contributed by atoms with Crippen molar-refractivity contribution in [3.63, 3.8) is 0 Å². The maximum atomic E-state index is 8.36. The summed E-state index contributed by atoms with van der Waals surface area (Å²) in [6, 6.07) is 0. The third kappa shape index (κ3) is 444. The van der Waals surface area contributed by atoms with Crippen LogP contribution in [0.3, 0.4) is 0 Å². The first-order chi connectivity index (χ1) is 17.3. The molecule has 0 amide bonds. The normalized spacial score (nSPS) is 5.85. The molecule has 248 valence electrons. The smallest absolute Gasteiger partial charge is 0.291 e. The lowest BCUT2D eigenvalue weighted by molar-refractivity contribution is -0.742. The van der Waals surface area contributed by atoms with Crippen molar-refractivity contribution in [2.75, 3.05) is 0 Å². The van der Waals surface area contributed by atoms with Gasteiger partial charge in [-0.2, -0.15) is 0 Å². The van der Waals surface area contributed by atoms with Gasteiger partial charge in [-0.25, -0.2) is 0 Å². The third-order valence-corrected chi connectivity index (χ3v) is 0. The summed E-state index contributed by atoms with van der Waals surface area (Å²) in [6.07, 6.45) is 0. The third-order valence-electron chi connectivity index (χ3n) is 0. The van der Waals surface area contributed by atoms with E-state index in [0.29, 0.717) is 0 Å². The Morgan fingerprint density at radius 2 is 0.220 bits per heavy atom. The van der Waals surface area contributed by atoms with E-state index in [-0.39, 0.29) is 6.15 Å². The summed E-state index contributed by atoms with van der Waals surface area (Å²) in [5.41, 5.74) is 0. The minimum absolute atomic E-state index is 0. The van der Waals surface area contributed by atoms with E-state index in [0.717, 1.165) is 0 Å². The van der Waals surface area contributed by atoms with Crippen molar-refractivity contribution in [3.8, 4) is 0 Å². The minimum atomic E-state index is -1.50. The van der Waals surface area contributed by atoms with Crippen molar-refractivity contribution in [1.82, 2.24) is 6.15 Å². The Bertz CT molecular complexity index is 464. The Hall–Kier alpha value is -8.04. The highest BCUT2D eigenvalue weighted by Crippen LogP contribution is 1.41. The maximum Gasteiger partial charge on any atom is 0.291 e. The summed E-state index contributed by atoms with van der Waals surface area (Å²) in [4.78, 5) is 83.6. The van der Waals surface area contributed by atoms with Gasteiger partial charge in [-0.15, -0.1) is 101 Å². The molecule has 0 aromatic rings. The Balaban J connectivity index is -0.0000000270. The van der Waals surface area contributed by atoms with Crippen molar-refractivity contribution in [2.45, 2.75) is 0 Å². The van der Waals surface area contributed by atoms with Crippen LogP contribution in [0, 0.1) is 101 Å². The topological polar surface area (TPSA) is 684 Å². The monoisotopic (exact) mass is 657 g/mol. The number of rotatable bonds is 0. The van der Waals surface area contributed by atoms with E-state index in [9.17, 15) is 0 Å². The fourth-order valence-corrected chi connectivity index (χ4v) is 0. The van der Waals surface area contributed by atoms with Crippen LogP contribution in [0.1, 0.15) is 0 Å². The van der Waals surface area contributed by atoms with Crippen LogP contribution in [0.25, 0.3) is 0 Å². The molecule has 23 N–H and O–H groups in total. The Morgan fingerprint density at radius 3 is 0.220 bits per heavy atom. The fraction of sp³-hybridized carbons (Fsp3) is 0. The lowest BCUT2D eigenvalue weighted by Crippen LogP contribution is -1.81. The molecule has 0 aromatic heterocycles. The van der Waals surface area contributed by atoms with Crippen molar-refractivity contribution >= 4 is 0 Å². The van der Waals surface area contributed by atoms with Crippen LogP contribution in [-0.2, 0) is 0 Å². The van der Waals surface area contributed by atoms with E-state index < -0.39 is 50.9 Å². The Morgan fingerprint density at radius 1 is 0.220 bits per heavy atom. The summed E-state index contributed by atoms with van der Waals surface area (Å²) in [7, 11) is 0. The van der Waals surface area contributed by atoms with E-state index in [1.165, 1.54) is 0 Å². The SMILES string of the molecule is O=[N+]([O-])O.O=[N+]([O-])O.O=[N+]([O-])O.O=[N+]([O-])O.O=[N+]([O-])O.O=[N+]([O-])O.O=[N+]([O-])O.O=[N+]([O-])O.O=[N+]([O-])O.O=[N+]([O-])O.[NH13+10]. The van der Waals surface area contributed by atoms with Crippen LogP contribution in [0.5, 0.6) is 0 Å². The average molecular weight is 657 g/mol. The maximum absolute atomic E-state index is 8.36. The van der Waals surface area contributed by atoms with Gasteiger partial charge in [0, 0.05) is 0 Å². The van der Waals surface area contributed by atoms with Crippen LogP contribution in [0.2, 0.25) is 0 Å². The predicted octanol–water partition coefficient (Wildman–Crippen LogP) is -1.17. The number of nitrogens with zero attached hydrogens (tertiary/aromatic N) is 10. The van der Waals surface area contributed by atoms with E-state index in [1.807, 2.05) is 0 Å². The molecule has 41 heteroatoms. The van der Waals surface area contributed by atoms with Crippen molar-refractivity contribution in [3.05, 3.63) is 101 Å². The first-order valence-electron chi connectivity index (χ1n) is 5.65. The zero-order valence-corrected chi connectivity index (χ0v) is 17.1. The molecular formula is H23N11O30+10. The molecule has 41 heavy (non-hydrogen) atoms. The molecule has 0 saturated heterocycles. The summed E-state index contributed by atoms with van der Waals surface area (Å²) >= 11 is 0. The standard InChI is InChI=1S/10HNO3.N/c10*2-1(3)4;/h10*(H,2,3,4);/q;;;;;;;;;;+10. The zero-order chi connectivity index (χ0) is 35.8. The summed E-state index contributed by atoms with van der Waals surface area (Å²) < 4.78 is 0. The van der Waals surface area contributed by atoms with E-state index >= 15 is 0 Å². The van der Waals surface area contributed by atoms with Crippen LogP contribution < -0.4 is 6.15 Å². The predicted molar refractivity (Wildman–Crippen MR) is 102 cm³/mol. The molecule has 0 atom stereocenters. The van der Waals surface area contributed by atoms with Gasteiger partial charge in [0.05, 0.1) is 0 Å². The molecular weight excluding hydrogens is 634 g/mol. The van der Waals surface area contributed by atoms with Gasteiger partial charge in [-0.05, 0) is 0 Å². The second-order valence-corrected chi connectivity index (χ2v) is 2.38. The first kappa shape index (κ1) is 69.8. The van der Waals surface area contributed by atoms with Crippen molar-refractivity contribution in [1.29, 1.82) is 0 Å². The van der Waals surface area contributed by atoms with E-state index in [2.05, 4.69) is 0 Å². The first-order valence-corrected chi connectivity index (χ1v) is 5.65. The lowest BCUT2D eigenvalue weighted by atomic mass is 13.1. The Kier molecular flexibility index (Phi) is 108.